The Labute approximate surface area is 148 Å². The Hall–Kier alpha value is -2.68. The van der Waals surface area contributed by atoms with Crippen LogP contribution < -0.4 is 5.56 Å². The van der Waals surface area contributed by atoms with Crippen molar-refractivity contribution in [3.05, 3.63) is 69.2 Å². The molecule has 0 unspecified atom stereocenters. The maximum atomic E-state index is 13.0. The zero-order valence-electron chi connectivity index (χ0n) is 12.9. The van der Waals surface area contributed by atoms with E-state index in [1.165, 1.54) is 35.0 Å². The van der Waals surface area contributed by atoms with Gasteiger partial charge in [0, 0.05) is 29.4 Å². The third-order valence-electron chi connectivity index (χ3n) is 3.56. The van der Waals surface area contributed by atoms with Gasteiger partial charge in [-0.15, -0.1) is 0 Å². The van der Waals surface area contributed by atoms with Gasteiger partial charge in [0.05, 0.1) is 0 Å². The summed E-state index contributed by atoms with van der Waals surface area (Å²) in [5.41, 5.74) is 0.307. The monoisotopic (exact) mass is 387 g/mol. The number of alkyl halides is 3. The van der Waals surface area contributed by atoms with Gasteiger partial charge >= 0.3 is 12.1 Å². The predicted octanol–water partition coefficient (Wildman–Crippen LogP) is 3.95. The number of aryl methyl sites for hydroxylation is 2. The van der Waals surface area contributed by atoms with Crippen molar-refractivity contribution in [2.24, 2.45) is 0 Å². The van der Waals surface area contributed by atoms with Gasteiger partial charge < -0.3 is 9.09 Å². The second-order valence-electron chi connectivity index (χ2n) is 5.35. The standard InChI is InChI=1S/C16H10ClF4N3O2/c17-12-8-11(18)2-1-9(12)3-5-24-6-4-10(7-13(24)25)14-22-15(26-23-14)16(19,20)21/h1-2,4,6-8H,3,5H2. The van der Waals surface area contributed by atoms with Gasteiger partial charge in [0.1, 0.15) is 5.82 Å². The molecule has 0 aliphatic carbocycles. The molecule has 0 aliphatic rings. The average Bonchev–Trinajstić information content (AvgIpc) is 3.05. The second-order valence-corrected chi connectivity index (χ2v) is 5.76. The van der Waals surface area contributed by atoms with Crippen LogP contribution >= 0.6 is 11.6 Å². The fourth-order valence-electron chi connectivity index (χ4n) is 2.25. The van der Waals surface area contributed by atoms with Crippen LogP contribution in [0.25, 0.3) is 11.4 Å². The first-order valence-electron chi connectivity index (χ1n) is 7.30. The van der Waals surface area contributed by atoms with E-state index in [4.69, 9.17) is 11.6 Å². The van der Waals surface area contributed by atoms with Crippen molar-refractivity contribution in [2.45, 2.75) is 19.1 Å². The number of aromatic nitrogens is 3. The van der Waals surface area contributed by atoms with Gasteiger partial charge in [0.15, 0.2) is 0 Å². The average molecular weight is 388 g/mol. The molecule has 3 rings (SSSR count). The van der Waals surface area contributed by atoms with E-state index in [1.54, 1.807) is 0 Å². The molecular weight excluding hydrogens is 378 g/mol. The summed E-state index contributed by atoms with van der Waals surface area (Å²) in [5, 5.41) is 3.48. The summed E-state index contributed by atoms with van der Waals surface area (Å²) in [6.45, 7) is 0.254. The molecule has 136 valence electrons. The summed E-state index contributed by atoms with van der Waals surface area (Å²) < 4.78 is 56.0. The van der Waals surface area contributed by atoms with Crippen molar-refractivity contribution in [3.63, 3.8) is 0 Å². The molecule has 0 spiro atoms. The van der Waals surface area contributed by atoms with Gasteiger partial charge in [0.25, 0.3) is 5.56 Å². The molecule has 2 aromatic heterocycles. The van der Waals surface area contributed by atoms with Crippen molar-refractivity contribution in [2.75, 3.05) is 0 Å². The van der Waals surface area contributed by atoms with Crippen LogP contribution in [-0.4, -0.2) is 14.7 Å². The Balaban J connectivity index is 1.77. The third-order valence-corrected chi connectivity index (χ3v) is 3.91. The van der Waals surface area contributed by atoms with Crippen molar-refractivity contribution in [3.8, 4) is 11.4 Å². The smallest absolute Gasteiger partial charge is 0.329 e. The molecule has 0 N–H and O–H groups in total. The van der Waals surface area contributed by atoms with E-state index in [-0.39, 0.29) is 23.0 Å². The first-order chi connectivity index (χ1) is 12.2. The minimum atomic E-state index is -4.76. The highest BCUT2D eigenvalue weighted by Gasteiger charge is 2.38. The first-order valence-corrected chi connectivity index (χ1v) is 7.67. The molecule has 0 saturated carbocycles. The number of nitrogens with zero attached hydrogens (tertiary/aromatic N) is 3. The van der Waals surface area contributed by atoms with Crippen LogP contribution in [0.2, 0.25) is 5.02 Å². The minimum Gasteiger partial charge on any atom is -0.329 e. The zero-order chi connectivity index (χ0) is 18.9. The van der Waals surface area contributed by atoms with Crippen LogP contribution in [0.4, 0.5) is 17.6 Å². The largest absolute Gasteiger partial charge is 0.471 e. The highest BCUT2D eigenvalue weighted by Crippen LogP contribution is 2.29. The summed E-state index contributed by atoms with van der Waals surface area (Å²) in [6.07, 6.45) is -2.98. The summed E-state index contributed by atoms with van der Waals surface area (Å²) in [5.74, 6) is -2.27. The van der Waals surface area contributed by atoms with Gasteiger partial charge in [-0.1, -0.05) is 22.8 Å². The van der Waals surface area contributed by atoms with E-state index in [0.717, 1.165) is 6.07 Å². The summed E-state index contributed by atoms with van der Waals surface area (Å²) >= 11 is 5.93. The molecule has 0 saturated heterocycles. The first kappa shape index (κ1) is 18.1. The molecule has 10 heteroatoms. The fourth-order valence-corrected chi connectivity index (χ4v) is 2.51. The van der Waals surface area contributed by atoms with Crippen molar-refractivity contribution >= 4 is 11.6 Å². The van der Waals surface area contributed by atoms with Crippen LogP contribution in [0.3, 0.4) is 0 Å². The molecule has 1 aromatic carbocycles. The van der Waals surface area contributed by atoms with Gasteiger partial charge in [-0.3, -0.25) is 4.79 Å². The highest BCUT2D eigenvalue weighted by molar-refractivity contribution is 6.31. The lowest BCUT2D eigenvalue weighted by Gasteiger charge is -2.07. The zero-order valence-corrected chi connectivity index (χ0v) is 13.7. The van der Waals surface area contributed by atoms with E-state index < -0.39 is 23.4 Å². The lowest BCUT2D eigenvalue weighted by molar-refractivity contribution is -0.159. The summed E-state index contributed by atoms with van der Waals surface area (Å²) in [4.78, 5) is 15.4. The van der Waals surface area contributed by atoms with Crippen molar-refractivity contribution in [1.29, 1.82) is 0 Å². The van der Waals surface area contributed by atoms with Crippen LogP contribution in [0, 0.1) is 5.82 Å². The third kappa shape index (κ3) is 3.93. The van der Waals surface area contributed by atoms with Crippen LogP contribution in [0.1, 0.15) is 11.5 Å². The van der Waals surface area contributed by atoms with E-state index in [0.29, 0.717) is 12.0 Å². The molecule has 0 aliphatic heterocycles. The molecule has 3 aromatic rings. The molecule has 0 fully saturated rings. The molecule has 2 heterocycles. The minimum absolute atomic E-state index is 0.102. The number of benzene rings is 1. The van der Waals surface area contributed by atoms with Crippen LogP contribution in [0.5, 0.6) is 0 Å². The number of rotatable bonds is 4. The van der Waals surface area contributed by atoms with E-state index in [2.05, 4.69) is 14.7 Å². The molecule has 5 nitrogen and oxygen atoms in total. The molecule has 0 bridgehead atoms. The Bertz CT molecular complexity index is 998. The van der Waals surface area contributed by atoms with E-state index in [9.17, 15) is 22.4 Å². The molecule has 0 amide bonds. The lowest BCUT2D eigenvalue weighted by Crippen LogP contribution is -2.19. The number of hydrogen-bond donors (Lipinski definition) is 0. The highest BCUT2D eigenvalue weighted by atomic mass is 35.5. The summed E-state index contributed by atoms with van der Waals surface area (Å²) in [6, 6.07) is 6.48. The Morgan fingerprint density at radius 2 is 1.96 bits per heavy atom. The SMILES string of the molecule is O=c1cc(-c2noc(C(F)(F)F)n2)ccn1CCc1ccc(F)cc1Cl. The Morgan fingerprint density at radius 3 is 2.58 bits per heavy atom. The Kier molecular flexibility index (Phi) is 4.82. The van der Waals surface area contributed by atoms with Gasteiger partial charge in [-0.25, -0.2) is 4.39 Å². The second kappa shape index (κ2) is 6.91. The summed E-state index contributed by atoms with van der Waals surface area (Å²) in [7, 11) is 0. The quantitative estimate of drug-likeness (QED) is 0.636. The normalized spacial score (nSPS) is 11.7. The molecular formula is C16H10ClF4N3O2. The fraction of sp³-hybridized carbons (Fsp3) is 0.188. The van der Waals surface area contributed by atoms with Crippen molar-refractivity contribution in [1.82, 2.24) is 14.7 Å². The number of pyridine rings is 1. The van der Waals surface area contributed by atoms with Crippen LogP contribution in [-0.2, 0) is 19.1 Å². The van der Waals surface area contributed by atoms with Crippen molar-refractivity contribution < 1.29 is 22.1 Å². The van der Waals surface area contributed by atoms with Crippen LogP contribution in [0.15, 0.2) is 45.8 Å². The number of hydrogen-bond acceptors (Lipinski definition) is 4. The van der Waals surface area contributed by atoms with Gasteiger partial charge in [-0.2, -0.15) is 18.2 Å². The van der Waals surface area contributed by atoms with E-state index in [1.807, 2.05) is 0 Å². The molecule has 0 atom stereocenters. The van der Waals surface area contributed by atoms with E-state index >= 15 is 0 Å². The maximum Gasteiger partial charge on any atom is 0.471 e. The van der Waals surface area contributed by atoms with Gasteiger partial charge in [0.2, 0.25) is 5.82 Å². The Morgan fingerprint density at radius 1 is 1.19 bits per heavy atom. The number of halogens is 5. The van der Waals surface area contributed by atoms with Gasteiger partial charge in [-0.05, 0) is 30.2 Å². The topological polar surface area (TPSA) is 60.9 Å². The predicted molar refractivity (Wildman–Crippen MR) is 84.1 cm³/mol. The lowest BCUT2D eigenvalue weighted by atomic mass is 10.1. The molecule has 26 heavy (non-hydrogen) atoms. The molecule has 0 radical (unpaired) electrons. The maximum absolute atomic E-state index is 13.0.